The SMILES string of the molecule is COC(=O)C(C)(C)CNC(=O)NC1Cc2ccccc2C1. The second kappa shape index (κ2) is 6.16. The molecule has 0 bridgehead atoms. The summed E-state index contributed by atoms with van der Waals surface area (Å²) in [4.78, 5) is 23.5. The highest BCUT2D eigenvalue weighted by molar-refractivity contribution is 5.78. The average molecular weight is 290 g/mol. The number of fused-ring (bicyclic) bond motifs is 1. The number of amides is 2. The molecule has 2 amide bonds. The van der Waals surface area contributed by atoms with Crippen LogP contribution < -0.4 is 10.6 Å². The quantitative estimate of drug-likeness (QED) is 0.829. The number of methoxy groups -OCH3 is 1. The van der Waals surface area contributed by atoms with Crippen molar-refractivity contribution in [2.75, 3.05) is 13.7 Å². The second-order valence-electron chi connectivity index (χ2n) is 6.08. The standard InChI is InChI=1S/C16H22N2O3/c1-16(2,14(19)21-3)10-17-15(20)18-13-8-11-6-4-5-7-12(11)9-13/h4-7,13H,8-10H2,1-3H3,(H2,17,18,20). The summed E-state index contributed by atoms with van der Waals surface area (Å²) in [6, 6.07) is 8.08. The van der Waals surface area contributed by atoms with Gasteiger partial charge in [0.25, 0.3) is 0 Å². The van der Waals surface area contributed by atoms with Crippen LogP contribution in [0.5, 0.6) is 0 Å². The smallest absolute Gasteiger partial charge is 0.315 e. The van der Waals surface area contributed by atoms with Crippen LogP contribution in [0.2, 0.25) is 0 Å². The Bertz CT molecular complexity index is 515. The first-order valence-electron chi connectivity index (χ1n) is 7.12. The van der Waals surface area contributed by atoms with Gasteiger partial charge in [0, 0.05) is 12.6 Å². The molecule has 1 aliphatic rings. The van der Waals surface area contributed by atoms with E-state index < -0.39 is 5.41 Å². The maximum atomic E-state index is 11.9. The highest BCUT2D eigenvalue weighted by Gasteiger charge is 2.29. The van der Waals surface area contributed by atoms with E-state index >= 15 is 0 Å². The van der Waals surface area contributed by atoms with Crippen LogP contribution in [0, 0.1) is 5.41 Å². The van der Waals surface area contributed by atoms with Crippen LogP contribution in [0.25, 0.3) is 0 Å². The molecular formula is C16H22N2O3. The molecule has 0 spiro atoms. The zero-order valence-electron chi connectivity index (χ0n) is 12.7. The van der Waals surface area contributed by atoms with Crippen LogP contribution in [-0.4, -0.2) is 31.7 Å². The van der Waals surface area contributed by atoms with Gasteiger partial charge in [-0.05, 0) is 37.8 Å². The molecule has 0 unspecified atom stereocenters. The number of urea groups is 1. The minimum atomic E-state index is -0.731. The van der Waals surface area contributed by atoms with E-state index in [1.807, 2.05) is 12.1 Å². The van der Waals surface area contributed by atoms with Crippen molar-refractivity contribution in [2.45, 2.75) is 32.7 Å². The molecule has 1 aromatic rings. The molecule has 114 valence electrons. The number of carbonyl (C=O) groups is 2. The molecular weight excluding hydrogens is 268 g/mol. The molecule has 0 aliphatic heterocycles. The molecule has 5 nitrogen and oxygen atoms in total. The van der Waals surface area contributed by atoms with Crippen molar-refractivity contribution >= 4 is 12.0 Å². The molecule has 0 radical (unpaired) electrons. The van der Waals surface area contributed by atoms with E-state index in [1.165, 1.54) is 18.2 Å². The summed E-state index contributed by atoms with van der Waals surface area (Å²) in [6.45, 7) is 3.72. The van der Waals surface area contributed by atoms with Gasteiger partial charge in [-0.2, -0.15) is 0 Å². The van der Waals surface area contributed by atoms with Crippen LogP contribution in [-0.2, 0) is 22.4 Å². The zero-order chi connectivity index (χ0) is 15.5. The van der Waals surface area contributed by atoms with Crippen LogP contribution in [0.15, 0.2) is 24.3 Å². The lowest BCUT2D eigenvalue weighted by Gasteiger charge is -2.22. The van der Waals surface area contributed by atoms with E-state index in [1.54, 1.807) is 13.8 Å². The molecule has 0 fully saturated rings. The van der Waals surface area contributed by atoms with Gasteiger partial charge in [-0.25, -0.2) is 4.79 Å². The lowest BCUT2D eigenvalue weighted by molar-refractivity contribution is -0.150. The summed E-state index contributed by atoms with van der Waals surface area (Å²) >= 11 is 0. The molecule has 0 aromatic heterocycles. The summed E-state index contributed by atoms with van der Waals surface area (Å²) in [5, 5.41) is 5.69. The first-order valence-corrected chi connectivity index (χ1v) is 7.12. The molecule has 0 heterocycles. The summed E-state index contributed by atoms with van der Waals surface area (Å²) in [5.74, 6) is -0.337. The number of hydrogen-bond acceptors (Lipinski definition) is 3. The number of hydrogen-bond donors (Lipinski definition) is 2. The Kier molecular flexibility index (Phi) is 4.50. The number of carbonyl (C=O) groups excluding carboxylic acids is 2. The van der Waals surface area contributed by atoms with Crippen LogP contribution >= 0.6 is 0 Å². The fourth-order valence-corrected chi connectivity index (χ4v) is 2.55. The van der Waals surface area contributed by atoms with Gasteiger partial charge in [0.05, 0.1) is 12.5 Å². The molecule has 2 N–H and O–H groups in total. The minimum absolute atomic E-state index is 0.114. The third kappa shape index (κ3) is 3.74. The molecule has 1 aromatic carbocycles. The van der Waals surface area contributed by atoms with Crippen molar-refractivity contribution in [1.82, 2.24) is 10.6 Å². The van der Waals surface area contributed by atoms with E-state index in [0.717, 1.165) is 12.8 Å². The predicted molar refractivity (Wildman–Crippen MR) is 80.0 cm³/mol. The van der Waals surface area contributed by atoms with E-state index in [2.05, 4.69) is 22.8 Å². The molecule has 1 aliphatic carbocycles. The Hall–Kier alpha value is -2.04. The number of benzene rings is 1. The van der Waals surface area contributed by atoms with E-state index in [4.69, 9.17) is 4.74 Å². The van der Waals surface area contributed by atoms with Gasteiger partial charge in [0.15, 0.2) is 0 Å². The third-order valence-corrected chi connectivity index (χ3v) is 3.82. The van der Waals surface area contributed by atoms with Crippen molar-refractivity contribution in [3.8, 4) is 0 Å². The first-order chi connectivity index (χ1) is 9.92. The van der Waals surface area contributed by atoms with Crippen molar-refractivity contribution in [3.63, 3.8) is 0 Å². The molecule has 0 saturated carbocycles. The van der Waals surface area contributed by atoms with E-state index in [-0.39, 0.29) is 24.6 Å². The maximum absolute atomic E-state index is 11.9. The fourth-order valence-electron chi connectivity index (χ4n) is 2.55. The largest absolute Gasteiger partial charge is 0.469 e. The van der Waals surface area contributed by atoms with Gasteiger partial charge in [-0.3, -0.25) is 4.79 Å². The predicted octanol–water partition coefficient (Wildman–Crippen LogP) is 1.65. The van der Waals surface area contributed by atoms with Gasteiger partial charge in [0.2, 0.25) is 0 Å². The highest BCUT2D eigenvalue weighted by Crippen LogP contribution is 2.21. The molecule has 2 rings (SSSR count). The van der Waals surface area contributed by atoms with Crippen LogP contribution in [0.4, 0.5) is 4.79 Å². The maximum Gasteiger partial charge on any atom is 0.315 e. The van der Waals surface area contributed by atoms with Crippen molar-refractivity contribution in [2.24, 2.45) is 5.41 Å². The Morgan fingerprint density at radius 2 is 1.81 bits per heavy atom. The van der Waals surface area contributed by atoms with Gasteiger partial charge in [0.1, 0.15) is 0 Å². The number of nitrogens with one attached hydrogen (secondary N) is 2. The summed E-state index contributed by atoms with van der Waals surface area (Å²) in [6.07, 6.45) is 1.70. The average Bonchev–Trinajstić information content (AvgIpc) is 2.86. The lowest BCUT2D eigenvalue weighted by Crippen LogP contribution is -2.47. The van der Waals surface area contributed by atoms with E-state index in [9.17, 15) is 9.59 Å². The summed E-state index contributed by atoms with van der Waals surface area (Å²) < 4.78 is 4.71. The fraction of sp³-hybridized carbons (Fsp3) is 0.500. The summed E-state index contributed by atoms with van der Waals surface area (Å²) in [7, 11) is 1.35. The highest BCUT2D eigenvalue weighted by atomic mass is 16.5. The van der Waals surface area contributed by atoms with E-state index in [0.29, 0.717) is 0 Å². The number of ether oxygens (including phenoxy) is 1. The minimum Gasteiger partial charge on any atom is -0.469 e. The van der Waals surface area contributed by atoms with Gasteiger partial charge in [-0.1, -0.05) is 24.3 Å². The second-order valence-corrected chi connectivity index (χ2v) is 6.08. The lowest BCUT2D eigenvalue weighted by atomic mass is 9.94. The third-order valence-electron chi connectivity index (χ3n) is 3.82. The van der Waals surface area contributed by atoms with Gasteiger partial charge < -0.3 is 15.4 Å². The number of esters is 1. The molecule has 0 saturated heterocycles. The Balaban J connectivity index is 1.80. The zero-order valence-corrected chi connectivity index (χ0v) is 12.7. The first kappa shape index (κ1) is 15.4. The van der Waals surface area contributed by atoms with Gasteiger partial charge >= 0.3 is 12.0 Å². The summed E-state index contributed by atoms with van der Waals surface area (Å²) in [5.41, 5.74) is 1.85. The van der Waals surface area contributed by atoms with Crippen molar-refractivity contribution in [1.29, 1.82) is 0 Å². The van der Waals surface area contributed by atoms with Crippen LogP contribution in [0.1, 0.15) is 25.0 Å². The molecule has 21 heavy (non-hydrogen) atoms. The van der Waals surface area contributed by atoms with Crippen molar-refractivity contribution < 1.29 is 14.3 Å². The Morgan fingerprint density at radius 3 is 2.33 bits per heavy atom. The number of rotatable bonds is 4. The Morgan fingerprint density at radius 1 is 1.24 bits per heavy atom. The van der Waals surface area contributed by atoms with Gasteiger partial charge in [-0.15, -0.1) is 0 Å². The van der Waals surface area contributed by atoms with Crippen molar-refractivity contribution in [3.05, 3.63) is 35.4 Å². The molecule has 0 atom stereocenters. The normalized spacial score (nSPS) is 14.4. The van der Waals surface area contributed by atoms with Crippen LogP contribution in [0.3, 0.4) is 0 Å². The topological polar surface area (TPSA) is 67.4 Å². The Labute approximate surface area is 125 Å². The monoisotopic (exact) mass is 290 g/mol. The molecule has 5 heteroatoms.